The maximum atomic E-state index is 11.7. The third-order valence-electron chi connectivity index (χ3n) is 2.91. The molecule has 2 N–H and O–H groups in total. The molecule has 1 amide bonds. The van der Waals surface area contributed by atoms with Crippen LogP contribution in [-0.4, -0.2) is 47.1 Å². The van der Waals surface area contributed by atoms with Crippen molar-refractivity contribution < 1.29 is 9.90 Å². The summed E-state index contributed by atoms with van der Waals surface area (Å²) in [5.41, 5.74) is 0. The Balaban J connectivity index is 1.78. The molecule has 6 heteroatoms. The van der Waals surface area contributed by atoms with E-state index in [1.165, 1.54) is 11.3 Å². The van der Waals surface area contributed by atoms with Crippen LogP contribution in [-0.2, 0) is 4.79 Å². The Morgan fingerprint density at radius 1 is 1.71 bits per heavy atom. The minimum Gasteiger partial charge on any atom is -0.396 e. The van der Waals surface area contributed by atoms with Gasteiger partial charge in [-0.2, -0.15) is 0 Å². The Morgan fingerprint density at radius 3 is 3.29 bits per heavy atom. The van der Waals surface area contributed by atoms with Crippen LogP contribution in [0.25, 0.3) is 0 Å². The predicted molar refractivity (Wildman–Crippen MR) is 67.0 cm³/mol. The zero-order valence-corrected chi connectivity index (χ0v) is 10.4. The van der Waals surface area contributed by atoms with Gasteiger partial charge in [-0.3, -0.25) is 9.69 Å². The predicted octanol–water partition coefficient (Wildman–Crippen LogP) is 0.786. The monoisotopic (exact) mass is 255 g/mol. The molecule has 2 rings (SSSR count). The van der Waals surface area contributed by atoms with E-state index in [0.717, 1.165) is 25.9 Å². The van der Waals surface area contributed by atoms with Crippen molar-refractivity contribution in [3.8, 4) is 0 Å². The van der Waals surface area contributed by atoms with Crippen LogP contribution in [0.4, 0.5) is 5.13 Å². The number of thiazole rings is 1. The van der Waals surface area contributed by atoms with E-state index in [1.807, 2.05) is 5.38 Å². The topological polar surface area (TPSA) is 65.5 Å². The number of likely N-dealkylation sites (tertiary alicyclic amines) is 1. The number of hydrogen-bond acceptors (Lipinski definition) is 5. The lowest BCUT2D eigenvalue weighted by molar-refractivity contribution is -0.117. The molecule has 1 aromatic rings. The summed E-state index contributed by atoms with van der Waals surface area (Å²) in [5.74, 6) is 0.287. The zero-order chi connectivity index (χ0) is 12.1. The standard InChI is InChI=1S/C11H17N3O2S/c15-8-9-2-1-4-14(6-9)7-10(16)13-11-12-3-5-17-11/h3,5,9,15H,1-2,4,6-8H2,(H,12,13,16)/t9-/m1/s1. The third kappa shape index (κ3) is 3.76. The molecular weight excluding hydrogens is 238 g/mol. The van der Waals surface area contributed by atoms with Crippen molar-refractivity contribution in [3.05, 3.63) is 11.6 Å². The number of aliphatic hydroxyl groups is 1. The number of aliphatic hydroxyl groups excluding tert-OH is 1. The number of nitrogens with one attached hydrogen (secondary N) is 1. The van der Waals surface area contributed by atoms with Gasteiger partial charge in [0.1, 0.15) is 0 Å². The highest BCUT2D eigenvalue weighted by Crippen LogP contribution is 2.16. The van der Waals surface area contributed by atoms with Crippen molar-refractivity contribution in [2.24, 2.45) is 5.92 Å². The summed E-state index contributed by atoms with van der Waals surface area (Å²) in [6, 6.07) is 0. The van der Waals surface area contributed by atoms with Gasteiger partial charge in [0, 0.05) is 24.7 Å². The fourth-order valence-corrected chi connectivity index (χ4v) is 2.64. The summed E-state index contributed by atoms with van der Waals surface area (Å²) in [6.07, 6.45) is 3.78. The van der Waals surface area contributed by atoms with E-state index in [9.17, 15) is 4.79 Å². The highest BCUT2D eigenvalue weighted by atomic mass is 32.1. The molecule has 0 bridgehead atoms. The van der Waals surface area contributed by atoms with Crippen LogP contribution in [0.3, 0.4) is 0 Å². The van der Waals surface area contributed by atoms with E-state index in [0.29, 0.717) is 17.6 Å². The lowest BCUT2D eigenvalue weighted by Crippen LogP contribution is -2.41. The Kier molecular flexibility index (Phi) is 4.47. The zero-order valence-electron chi connectivity index (χ0n) is 9.63. The van der Waals surface area contributed by atoms with E-state index >= 15 is 0 Å². The van der Waals surface area contributed by atoms with Gasteiger partial charge in [0.2, 0.25) is 5.91 Å². The fourth-order valence-electron chi connectivity index (χ4n) is 2.09. The molecule has 0 radical (unpaired) electrons. The molecule has 1 fully saturated rings. The minimum atomic E-state index is -0.0291. The first kappa shape index (κ1) is 12.5. The molecular formula is C11H17N3O2S. The van der Waals surface area contributed by atoms with E-state index in [2.05, 4.69) is 15.2 Å². The van der Waals surface area contributed by atoms with Crippen molar-refractivity contribution in [1.29, 1.82) is 0 Å². The second kappa shape index (κ2) is 6.09. The molecule has 0 aromatic carbocycles. The molecule has 94 valence electrons. The molecule has 1 aliphatic heterocycles. The van der Waals surface area contributed by atoms with Gasteiger partial charge in [-0.1, -0.05) is 0 Å². The second-order valence-electron chi connectivity index (χ2n) is 4.31. The van der Waals surface area contributed by atoms with Gasteiger partial charge in [-0.05, 0) is 25.3 Å². The SMILES string of the molecule is O=C(CN1CCC[C@@H](CO)C1)Nc1nccs1. The number of nitrogens with zero attached hydrogens (tertiary/aromatic N) is 2. The van der Waals surface area contributed by atoms with Gasteiger partial charge in [-0.25, -0.2) is 4.98 Å². The van der Waals surface area contributed by atoms with Gasteiger partial charge >= 0.3 is 0 Å². The summed E-state index contributed by atoms with van der Waals surface area (Å²) < 4.78 is 0. The van der Waals surface area contributed by atoms with E-state index in [1.54, 1.807) is 6.20 Å². The summed E-state index contributed by atoms with van der Waals surface area (Å²) >= 11 is 1.42. The van der Waals surface area contributed by atoms with Crippen LogP contribution in [0.2, 0.25) is 0 Å². The average molecular weight is 255 g/mol. The number of carbonyl (C=O) groups is 1. The van der Waals surface area contributed by atoms with Crippen LogP contribution in [0.15, 0.2) is 11.6 Å². The highest BCUT2D eigenvalue weighted by Gasteiger charge is 2.21. The minimum absolute atomic E-state index is 0.0291. The normalized spacial score (nSPS) is 21.4. The maximum Gasteiger partial charge on any atom is 0.240 e. The quantitative estimate of drug-likeness (QED) is 0.834. The van der Waals surface area contributed by atoms with Crippen molar-refractivity contribution in [2.45, 2.75) is 12.8 Å². The molecule has 0 saturated carbocycles. The van der Waals surface area contributed by atoms with Crippen LogP contribution in [0.1, 0.15) is 12.8 Å². The third-order valence-corrected chi connectivity index (χ3v) is 3.60. The second-order valence-corrected chi connectivity index (χ2v) is 5.21. The molecule has 0 spiro atoms. The largest absolute Gasteiger partial charge is 0.396 e. The number of rotatable bonds is 4. The molecule has 1 aromatic heterocycles. The van der Waals surface area contributed by atoms with Crippen molar-refractivity contribution in [2.75, 3.05) is 31.6 Å². The fraction of sp³-hybridized carbons (Fsp3) is 0.636. The highest BCUT2D eigenvalue weighted by molar-refractivity contribution is 7.13. The van der Waals surface area contributed by atoms with Crippen LogP contribution in [0, 0.1) is 5.92 Å². The Labute approximate surface area is 104 Å². The first-order chi connectivity index (χ1) is 8.28. The summed E-state index contributed by atoms with van der Waals surface area (Å²) in [6.45, 7) is 2.34. The molecule has 0 aliphatic carbocycles. The van der Waals surface area contributed by atoms with Gasteiger partial charge < -0.3 is 10.4 Å². The van der Waals surface area contributed by atoms with Gasteiger partial charge in [-0.15, -0.1) is 11.3 Å². The molecule has 0 unspecified atom stereocenters. The maximum absolute atomic E-state index is 11.7. The number of anilines is 1. The Hall–Kier alpha value is -0.980. The number of hydrogen-bond donors (Lipinski definition) is 2. The summed E-state index contributed by atoms with van der Waals surface area (Å²) in [7, 11) is 0. The van der Waals surface area contributed by atoms with Gasteiger partial charge in [0.05, 0.1) is 6.54 Å². The van der Waals surface area contributed by atoms with E-state index in [4.69, 9.17) is 5.11 Å². The summed E-state index contributed by atoms with van der Waals surface area (Å²) in [4.78, 5) is 17.8. The molecule has 2 heterocycles. The van der Waals surface area contributed by atoms with Crippen molar-refractivity contribution in [1.82, 2.24) is 9.88 Å². The Bertz CT molecular complexity index is 356. The number of piperidine rings is 1. The van der Waals surface area contributed by atoms with Gasteiger partial charge in [0.25, 0.3) is 0 Å². The smallest absolute Gasteiger partial charge is 0.240 e. The van der Waals surface area contributed by atoms with E-state index < -0.39 is 0 Å². The van der Waals surface area contributed by atoms with Crippen LogP contribution in [0.5, 0.6) is 0 Å². The lowest BCUT2D eigenvalue weighted by Gasteiger charge is -2.30. The molecule has 17 heavy (non-hydrogen) atoms. The van der Waals surface area contributed by atoms with E-state index in [-0.39, 0.29) is 12.5 Å². The summed E-state index contributed by atoms with van der Waals surface area (Å²) in [5, 5.41) is 14.4. The number of carbonyl (C=O) groups excluding carboxylic acids is 1. The first-order valence-corrected chi connectivity index (χ1v) is 6.68. The van der Waals surface area contributed by atoms with Crippen LogP contribution < -0.4 is 5.32 Å². The average Bonchev–Trinajstić information content (AvgIpc) is 2.82. The number of aromatic nitrogens is 1. The van der Waals surface area contributed by atoms with Crippen molar-refractivity contribution in [3.63, 3.8) is 0 Å². The molecule has 5 nitrogen and oxygen atoms in total. The molecule has 1 saturated heterocycles. The van der Waals surface area contributed by atoms with Crippen LogP contribution >= 0.6 is 11.3 Å². The Morgan fingerprint density at radius 2 is 2.59 bits per heavy atom. The van der Waals surface area contributed by atoms with Crippen molar-refractivity contribution >= 4 is 22.4 Å². The lowest BCUT2D eigenvalue weighted by atomic mass is 9.99. The molecule has 1 atom stereocenters. The first-order valence-electron chi connectivity index (χ1n) is 5.80. The molecule has 1 aliphatic rings. The van der Waals surface area contributed by atoms with Gasteiger partial charge in [0.15, 0.2) is 5.13 Å². The number of amides is 1.